The molecule has 602 valence electrons. The molecule has 2 unspecified atom stereocenters. The predicted octanol–water partition coefficient (Wildman–Crippen LogP) is 13.4. The number of hydrogen-bond donors (Lipinski definition) is 8. The Hall–Kier alpha value is -12.3. The van der Waals surface area contributed by atoms with Gasteiger partial charge < -0.3 is 47.1 Å². The maximum atomic E-state index is 5.05. The van der Waals surface area contributed by atoms with Crippen LogP contribution in [0.1, 0.15) is 118 Å². The molecule has 117 heavy (non-hydrogen) atoms. The molecule has 33 nitrogen and oxygen atoms in total. The SMILES string of the molecule is C.C.Cc1cc(Nc2nc(C3CCCNC3)cn3c(-c4cnn(C)c4)cnc23)sn1.Cc1cc(Nc2nc(C3CCNCC3)cn3c(-c4cnn(C)c4)cnc23)sn1.Cn1cc(-c2cnc3c(Nc4cc(C5CCNC5)ns4)nccn23)cn1.Cn1cc(-c2cnc3c(Nc4ccc(-n5ccnc5)cc4)nc(C4CCNCC4)cn23)cn1. The summed E-state index contributed by atoms with van der Waals surface area (Å²) in [6.45, 7) is 12.2. The van der Waals surface area contributed by atoms with Crippen molar-refractivity contribution in [1.29, 1.82) is 0 Å². The topological polar surface area (TPSA) is 345 Å². The molecule has 4 fully saturated rings. The molecule has 0 saturated carbocycles. The summed E-state index contributed by atoms with van der Waals surface area (Å²) in [6, 6.07) is 14.4. The minimum atomic E-state index is 0. The van der Waals surface area contributed by atoms with E-state index in [1.54, 1.807) is 28.1 Å². The van der Waals surface area contributed by atoms with Gasteiger partial charge in [-0.2, -0.15) is 33.5 Å². The van der Waals surface area contributed by atoms with E-state index in [9.17, 15) is 0 Å². The van der Waals surface area contributed by atoms with Gasteiger partial charge in [-0.1, -0.05) is 14.9 Å². The smallest absolute Gasteiger partial charge is 0.180 e. The molecule has 2 atom stereocenters. The molecule has 16 aromatic heterocycles. The summed E-state index contributed by atoms with van der Waals surface area (Å²) < 4.78 is 31.0. The fourth-order valence-electron chi connectivity index (χ4n) is 15.2. The van der Waals surface area contributed by atoms with Crippen molar-refractivity contribution in [2.24, 2.45) is 28.2 Å². The van der Waals surface area contributed by atoms with Crippen LogP contribution in [0.3, 0.4) is 0 Å². The zero-order chi connectivity index (χ0) is 77.9. The van der Waals surface area contributed by atoms with E-state index in [0.717, 1.165) is 242 Å². The molecular weight excluding hydrogens is 1530 g/mol. The lowest BCUT2D eigenvalue weighted by atomic mass is 9.95. The van der Waals surface area contributed by atoms with Crippen LogP contribution in [-0.2, 0) is 28.2 Å². The van der Waals surface area contributed by atoms with Gasteiger partial charge in [-0.25, -0.2) is 44.9 Å². The van der Waals surface area contributed by atoms with E-state index in [2.05, 4.69) is 163 Å². The molecule has 4 aliphatic rings. The number of fused-ring (bicyclic) bond motifs is 4. The van der Waals surface area contributed by atoms with Gasteiger partial charge in [0.25, 0.3) is 0 Å². The minimum absolute atomic E-state index is 0. The van der Waals surface area contributed by atoms with E-state index in [1.807, 2.05) is 159 Å². The first-order valence-corrected chi connectivity index (χ1v) is 40.9. The van der Waals surface area contributed by atoms with Gasteiger partial charge in [0.2, 0.25) is 0 Å². The fourth-order valence-corrected chi connectivity index (χ4v) is 17.2. The summed E-state index contributed by atoms with van der Waals surface area (Å²) in [7, 11) is 7.68. The Bertz CT molecular complexity index is 5970. The number of aryl methyl sites for hydroxylation is 6. The van der Waals surface area contributed by atoms with Gasteiger partial charge >= 0.3 is 0 Å². The fraction of sp³-hybridized carbons (Fsp3) is 0.333. The van der Waals surface area contributed by atoms with Crippen molar-refractivity contribution in [3.05, 3.63) is 201 Å². The van der Waals surface area contributed by atoms with Crippen molar-refractivity contribution in [3.8, 4) is 50.7 Å². The number of imidazole rings is 5. The summed E-state index contributed by atoms with van der Waals surface area (Å²) in [6.07, 6.45) is 46.4. The molecule has 36 heteroatoms. The van der Waals surface area contributed by atoms with E-state index in [0.29, 0.717) is 23.7 Å². The second kappa shape index (κ2) is 35.0. The molecule has 0 bridgehead atoms. The van der Waals surface area contributed by atoms with Gasteiger partial charge in [0.15, 0.2) is 45.9 Å². The molecule has 21 rings (SSSR count). The Morgan fingerprint density at radius 3 is 1.22 bits per heavy atom. The maximum Gasteiger partial charge on any atom is 0.180 e. The lowest BCUT2D eigenvalue weighted by molar-refractivity contribution is 0.452. The van der Waals surface area contributed by atoms with Crippen LogP contribution in [0.2, 0.25) is 0 Å². The van der Waals surface area contributed by atoms with Gasteiger partial charge in [-0.3, -0.25) is 36.3 Å². The van der Waals surface area contributed by atoms with E-state index in [4.69, 9.17) is 19.9 Å². The average Bonchev–Trinajstić information content (AvgIpc) is 1.66. The molecule has 0 amide bonds. The highest BCUT2D eigenvalue weighted by Crippen LogP contribution is 2.37. The molecular formula is C81H95N33S3. The van der Waals surface area contributed by atoms with Crippen LogP contribution in [0.25, 0.3) is 73.3 Å². The molecule has 4 aliphatic heterocycles. The normalized spacial score (nSPS) is 15.8. The van der Waals surface area contributed by atoms with Gasteiger partial charge in [-0.15, -0.1) is 0 Å². The third-order valence-corrected chi connectivity index (χ3v) is 23.4. The van der Waals surface area contributed by atoms with Crippen molar-refractivity contribution >= 4 is 101 Å². The molecule has 0 aliphatic carbocycles. The van der Waals surface area contributed by atoms with Crippen molar-refractivity contribution in [3.63, 3.8) is 0 Å². The highest BCUT2D eigenvalue weighted by molar-refractivity contribution is 7.10. The minimum Gasteiger partial charge on any atom is -0.337 e. The predicted molar refractivity (Wildman–Crippen MR) is 461 cm³/mol. The Labute approximate surface area is 688 Å². The number of rotatable bonds is 17. The Kier molecular flexibility index (Phi) is 23.5. The summed E-state index contributed by atoms with van der Waals surface area (Å²) in [5.74, 6) is 4.79. The van der Waals surface area contributed by atoms with Crippen molar-refractivity contribution in [2.75, 3.05) is 73.6 Å². The maximum absolute atomic E-state index is 5.05. The van der Waals surface area contributed by atoms with Gasteiger partial charge in [0.05, 0.1) is 113 Å². The summed E-state index contributed by atoms with van der Waals surface area (Å²) in [4.78, 5) is 42.2. The summed E-state index contributed by atoms with van der Waals surface area (Å²) in [5.41, 5.74) is 19.8. The van der Waals surface area contributed by atoms with Crippen LogP contribution in [0.15, 0.2) is 167 Å². The zero-order valence-electron chi connectivity index (χ0n) is 64.4. The van der Waals surface area contributed by atoms with E-state index in [1.165, 1.54) is 41.0 Å². The third kappa shape index (κ3) is 17.3. The molecule has 8 N–H and O–H groups in total. The van der Waals surface area contributed by atoms with Crippen LogP contribution < -0.4 is 42.5 Å². The van der Waals surface area contributed by atoms with E-state index >= 15 is 0 Å². The van der Waals surface area contributed by atoms with Gasteiger partial charge in [0.1, 0.15) is 15.0 Å². The second-order valence-corrected chi connectivity index (χ2v) is 31.8. The number of nitrogens with one attached hydrogen (secondary N) is 8. The van der Waals surface area contributed by atoms with Crippen molar-refractivity contribution < 1.29 is 0 Å². The average molecular weight is 1630 g/mol. The standard InChI is InChI=1S/C24H25N9.2C19H22N8S.C17H18N8S.2CH4/c1-31-14-18(12-28-31)22-13-27-24-23(30-21(15-33(22)24)17-6-8-25-9-7-17)29-19-2-4-20(5-3-19)32-11-10-26-16-32;1-12-7-17(28-25-12)24-18-19-21-9-16(14-8-22-26(2)10-14)27(19)11-15(23-18)13-3-5-20-6-4-13;1-12-6-17(28-25-12)24-18-19-21-9-16(14-8-22-26(2)10-14)27(19)11-15(23-18)13-4-3-5-20-7-13;1-24-10-12(8-21-24)14-9-20-17-16(19-4-5-25(14)17)22-15-6-13(23-26-15)11-2-3-18-7-11;;/h2-5,10-17,25H,6-9H2,1H3,(H,29,30);7-11,13,20H,3-6H2,1-2H3,(H,23,24);6,8-11,13,20H,3-5,7H2,1-2H3,(H,23,24);4-6,8-11,18H,2-3,7H2,1H3,(H,19,22);2*1H4. The lowest BCUT2D eigenvalue weighted by Gasteiger charge is -2.23. The number of piperidine rings is 3. The molecule has 0 spiro atoms. The highest BCUT2D eigenvalue weighted by atomic mass is 32.1. The van der Waals surface area contributed by atoms with E-state index in [-0.39, 0.29) is 14.9 Å². The third-order valence-electron chi connectivity index (χ3n) is 21.1. The number of anilines is 8. The quantitative estimate of drug-likeness (QED) is 0.0420. The number of benzene rings is 1. The Morgan fingerprint density at radius 2 is 0.795 bits per heavy atom. The molecule has 17 aromatic rings. The first-order chi connectivity index (χ1) is 56.4. The molecule has 20 heterocycles. The van der Waals surface area contributed by atoms with Crippen LogP contribution in [0, 0.1) is 13.8 Å². The molecule has 0 radical (unpaired) electrons. The number of nitrogens with zero attached hydrogens (tertiary/aromatic N) is 25. The van der Waals surface area contributed by atoms with Crippen molar-refractivity contribution in [1.82, 2.24) is 141 Å². The lowest BCUT2D eigenvalue weighted by Crippen LogP contribution is -2.29. The van der Waals surface area contributed by atoms with Gasteiger partial charge in [-0.05, 0) is 175 Å². The first-order valence-electron chi connectivity index (χ1n) is 38.6. The largest absolute Gasteiger partial charge is 0.337 e. The second-order valence-electron chi connectivity index (χ2n) is 29.4. The van der Waals surface area contributed by atoms with Crippen LogP contribution in [-0.4, -0.2) is 172 Å². The monoisotopic (exact) mass is 1630 g/mol. The highest BCUT2D eigenvalue weighted by Gasteiger charge is 2.27. The Morgan fingerprint density at radius 1 is 0.385 bits per heavy atom. The van der Waals surface area contributed by atoms with Crippen LogP contribution in [0.4, 0.5) is 44.0 Å². The van der Waals surface area contributed by atoms with E-state index < -0.39 is 0 Å². The van der Waals surface area contributed by atoms with Gasteiger partial charge in [0, 0.05) is 167 Å². The molecule has 4 saturated heterocycles. The van der Waals surface area contributed by atoms with Crippen LogP contribution >= 0.6 is 34.6 Å². The Balaban J connectivity index is 0.000000117. The first kappa shape index (κ1) is 78.6. The molecule has 1 aromatic carbocycles. The summed E-state index contributed by atoms with van der Waals surface area (Å²) in [5, 5.41) is 47.7. The van der Waals surface area contributed by atoms with Crippen LogP contribution in [0.5, 0.6) is 0 Å². The number of hydrogen-bond acceptors (Lipinski definition) is 27. The van der Waals surface area contributed by atoms with Crippen molar-refractivity contribution in [2.45, 2.75) is 97.3 Å². The zero-order valence-corrected chi connectivity index (χ0v) is 66.9. The summed E-state index contributed by atoms with van der Waals surface area (Å²) >= 11 is 4.34. The number of aromatic nitrogens is 25.